The molecular weight excluding hydrogens is 895 g/mol. The van der Waals surface area contributed by atoms with Gasteiger partial charge < -0.3 is 18.6 Å². The first-order valence-corrected chi connectivity index (χ1v) is 27.1. The molecule has 5 heterocycles. The Morgan fingerprint density at radius 1 is 0.630 bits per heavy atom. The van der Waals surface area contributed by atoms with Crippen molar-refractivity contribution in [1.82, 2.24) is 19.8 Å². The SMILES string of the molecule is N#CC1=C(n2c3c(c4ccccc42)C2OC4=C(CCC=C4)C2C=C3)CC(n2c3c(c4ccccc42)C2OC4=C(C=CCC4)C2C=C3)C(C2C=CC(C3=CCCC(C4=CC=CCC4)=C3)NC(C3=CC=CCC3)N2)=C1. The Kier molecular flexibility index (Phi) is 10.3. The molecule has 3 aliphatic heterocycles. The molecule has 0 radical (unpaired) electrons. The van der Waals surface area contributed by atoms with Gasteiger partial charge in [0, 0.05) is 69.1 Å². The Balaban J connectivity index is 0.915. The normalized spacial score (nSPS) is 29.5. The Morgan fingerprint density at radius 3 is 2.22 bits per heavy atom. The molecule has 0 saturated heterocycles. The standard InChI is InChI=1S/C66H59N5O2/c67-39-44-37-51(53-33-32-52(68-66(69-53)41-18-5-2-6-19-41)43-21-15-20-42(36-43)40-16-3-1-4-17-40)59(71-55-27-12-8-25-50(55)63-57(71)35-31-48-46-23-10-14-29-61(46)73-65(48)63)38-58(44)70-54-26-11-7-24-49(54)62-56(70)34-30-47-45-22-9-13-28-60(45)72-64(47)62/h1-3,5,7-8,10-13,16,18,21,23-28,30-37,47-48,52-53,59,64-66,68-69H,4,6,9,14-15,17,19-20,22,29,38H2. The molecule has 15 rings (SSSR count). The van der Waals surface area contributed by atoms with E-state index in [1.54, 1.807) is 0 Å². The van der Waals surface area contributed by atoms with Crippen molar-refractivity contribution < 1.29 is 9.47 Å². The van der Waals surface area contributed by atoms with E-state index in [4.69, 9.17) is 9.47 Å². The summed E-state index contributed by atoms with van der Waals surface area (Å²) in [6.07, 6.45) is 54.8. The highest BCUT2D eigenvalue weighted by atomic mass is 16.5. The molecule has 0 fully saturated rings. The topological polar surface area (TPSA) is 76.2 Å². The summed E-state index contributed by atoms with van der Waals surface area (Å²) in [6.45, 7) is 0. The third kappa shape index (κ3) is 6.90. The molecule has 2 aromatic carbocycles. The molecule has 8 aliphatic carbocycles. The van der Waals surface area contributed by atoms with Crippen molar-refractivity contribution in [1.29, 1.82) is 5.26 Å². The van der Waals surface area contributed by atoms with Gasteiger partial charge in [0.25, 0.3) is 0 Å². The molecule has 0 spiro atoms. The maximum Gasteiger partial charge on any atom is 0.136 e. The van der Waals surface area contributed by atoms with E-state index in [-0.39, 0.29) is 48.3 Å². The van der Waals surface area contributed by atoms with Crippen LogP contribution >= 0.6 is 0 Å². The molecule has 2 N–H and O–H groups in total. The Morgan fingerprint density at radius 2 is 1.36 bits per heavy atom. The van der Waals surface area contributed by atoms with Crippen LogP contribution < -0.4 is 10.6 Å². The van der Waals surface area contributed by atoms with Crippen LogP contribution in [0.5, 0.6) is 0 Å². The van der Waals surface area contributed by atoms with Crippen LogP contribution in [0.25, 0.3) is 39.7 Å². The predicted molar refractivity (Wildman–Crippen MR) is 293 cm³/mol. The van der Waals surface area contributed by atoms with Crippen molar-refractivity contribution in [3.8, 4) is 6.07 Å². The van der Waals surface area contributed by atoms with Gasteiger partial charge in [-0.05, 0) is 128 Å². The van der Waals surface area contributed by atoms with Crippen LogP contribution in [0.4, 0.5) is 0 Å². The molecule has 8 unspecified atom stereocenters. The van der Waals surface area contributed by atoms with Gasteiger partial charge in [-0.1, -0.05) is 128 Å². The fourth-order valence-corrected chi connectivity index (χ4v) is 14.3. The lowest BCUT2D eigenvalue weighted by Gasteiger charge is -2.36. The van der Waals surface area contributed by atoms with E-state index in [2.05, 4.69) is 190 Å². The zero-order valence-electron chi connectivity index (χ0n) is 41.1. The molecule has 0 amide bonds. The summed E-state index contributed by atoms with van der Waals surface area (Å²) in [5, 5.41) is 22.4. The minimum Gasteiger partial charge on any atom is -0.489 e. The second-order valence-electron chi connectivity index (χ2n) is 21.6. The van der Waals surface area contributed by atoms with Crippen molar-refractivity contribution in [3.05, 3.63) is 230 Å². The summed E-state index contributed by atoms with van der Waals surface area (Å²) in [4.78, 5) is 0. The molecule has 4 aromatic rings. The molecular formula is C66H59N5O2. The van der Waals surface area contributed by atoms with Gasteiger partial charge >= 0.3 is 0 Å². The zero-order chi connectivity index (χ0) is 48.1. The average Bonchev–Trinajstić information content (AvgIpc) is 4.17. The van der Waals surface area contributed by atoms with E-state index in [1.807, 2.05) is 0 Å². The number of aromatic nitrogens is 2. The highest BCUT2D eigenvalue weighted by Gasteiger charge is 2.45. The van der Waals surface area contributed by atoms with E-state index in [9.17, 15) is 5.26 Å². The van der Waals surface area contributed by atoms with Gasteiger partial charge in [-0.3, -0.25) is 10.6 Å². The molecule has 360 valence electrons. The molecule has 11 aliphatic rings. The van der Waals surface area contributed by atoms with Crippen molar-refractivity contribution >= 4 is 39.7 Å². The molecule has 0 bridgehead atoms. The zero-order valence-corrected chi connectivity index (χ0v) is 41.1. The van der Waals surface area contributed by atoms with Crippen LogP contribution in [0, 0.1) is 23.2 Å². The lowest BCUT2D eigenvalue weighted by molar-refractivity contribution is 0.120. The second kappa shape index (κ2) is 17.4. The summed E-state index contributed by atoms with van der Waals surface area (Å²) in [6, 6.07) is 20.2. The minimum absolute atomic E-state index is 0.00230. The Hall–Kier alpha value is -7.37. The van der Waals surface area contributed by atoms with E-state index in [0.29, 0.717) is 12.0 Å². The summed E-state index contributed by atoms with van der Waals surface area (Å²) in [5.74, 6) is 2.54. The van der Waals surface area contributed by atoms with Crippen LogP contribution in [-0.2, 0) is 9.47 Å². The molecule has 73 heavy (non-hydrogen) atoms. The van der Waals surface area contributed by atoms with Crippen LogP contribution in [0.2, 0.25) is 0 Å². The number of nitrogens with zero attached hydrogens (tertiary/aromatic N) is 3. The second-order valence-corrected chi connectivity index (χ2v) is 21.6. The van der Waals surface area contributed by atoms with Crippen LogP contribution in [-0.4, -0.2) is 27.4 Å². The number of hydrogen-bond acceptors (Lipinski definition) is 5. The largest absolute Gasteiger partial charge is 0.489 e. The van der Waals surface area contributed by atoms with Crippen LogP contribution in [0.15, 0.2) is 208 Å². The fraction of sp³-hybridized carbons (Fsp3) is 0.288. The number of rotatable bonds is 6. The highest BCUT2D eigenvalue weighted by molar-refractivity contribution is 5.95. The first kappa shape index (κ1) is 43.2. The van der Waals surface area contributed by atoms with Gasteiger partial charge in [-0.25, -0.2) is 0 Å². The van der Waals surface area contributed by atoms with Crippen molar-refractivity contribution in [2.45, 2.75) is 107 Å². The monoisotopic (exact) mass is 953 g/mol. The van der Waals surface area contributed by atoms with Gasteiger partial charge in [0.1, 0.15) is 29.8 Å². The number of allylic oxidation sites excluding steroid dienone is 17. The van der Waals surface area contributed by atoms with Gasteiger partial charge in [0.2, 0.25) is 0 Å². The van der Waals surface area contributed by atoms with E-state index in [0.717, 1.165) is 92.6 Å². The maximum absolute atomic E-state index is 11.6. The van der Waals surface area contributed by atoms with Gasteiger partial charge in [0.05, 0.1) is 41.1 Å². The summed E-state index contributed by atoms with van der Waals surface area (Å²) >= 11 is 0. The smallest absolute Gasteiger partial charge is 0.136 e. The fourth-order valence-electron chi connectivity index (χ4n) is 14.3. The predicted octanol–water partition coefficient (Wildman–Crippen LogP) is 14.6. The van der Waals surface area contributed by atoms with Crippen LogP contribution in [0.1, 0.15) is 111 Å². The summed E-state index contributed by atoms with van der Waals surface area (Å²) in [5.41, 5.74) is 18.3. The minimum atomic E-state index is -0.199. The number of benzene rings is 2. The van der Waals surface area contributed by atoms with Gasteiger partial charge in [-0.2, -0.15) is 5.26 Å². The summed E-state index contributed by atoms with van der Waals surface area (Å²) in [7, 11) is 0. The third-order valence-corrected chi connectivity index (χ3v) is 17.7. The van der Waals surface area contributed by atoms with E-state index >= 15 is 0 Å². The lowest BCUT2D eigenvalue weighted by Crippen LogP contribution is -2.51. The number of fused-ring (bicyclic) bond motifs is 12. The van der Waals surface area contributed by atoms with E-state index in [1.165, 1.54) is 72.1 Å². The van der Waals surface area contributed by atoms with Crippen molar-refractivity contribution in [3.63, 3.8) is 0 Å². The Labute approximate surface area is 427 Å². The third-order valence-electron chi connectivity index (χ3n) is 17.7. The van der Waals surface area contributed by atoms with Crippen molar-refractivity contribution in [2.75, 3.05) is 0 Å². The molecule has 2 aromatic heterocycles. The van der Waals surface area contributed by atoms with Gasteiger partial charge in [0.15, 0.2) is 0 Å². The maximum atomic E-state index is 11.6. The number of nitriles is 1. The molecule has 7 heteroatoms. The van der Waals surface area contributed by atoms with Crippen molar-refractivity contribution in [2.24, 2.45) is 11.8 Å². The highest BCUT2D eigenvalue weighted by Crippen LogP contribution is 2.56. The molecule has 0 saturated carbocycles. The quantitative estimate of drug-likeness (QED) is 0.188. The molecule has 7 nitrogen and oxygen atoms in total. The van der Waals surface area contributed by atoms with Crippen LogP contribution in [0.3, 0.4) is 0 Å². The molecule has 8 atom stereocenters. The first-order valence-electron chi connectivity index (χ1n) is 27.1. The van der Waals surface area contributed by atoms with Gasteiger partial charge in [-0.15, -0.1) is 0 Å². The number of para-hydroxylation sites is 2. The Bertz CT molecular complexity index is 3620. The number of hydrogen-bond donors (Lipinski definition) is 2. The lowest BCUT2D eigenvalue weighted by atomic mass is 9.82. The van der Waals surface area contributed by atoms with E-state index < -0.39 is 0 Å². The number of ether oxygens (including phenoxy) is 2. The number of nitrogens with one attached hydrogen (secondary N) is 2. The first-order chi connectivity index (χ1) is 36.2. The summed E-state index contributed by atoms with van der Waals surface area (Å²) < 4.78 is 19.0. The average molecular weight is 954 g/mol.